The van der Waals surface area contributed by atoms with E-state index in [0.29, 0.717) is 22.3 Å². The largest absolute Gasteiger partial charge is 0.322 e. The van der Waals surface area contributed by atoms with Gasteiger partial charge in [-0.05, 0) is 49.6 Å². The Hall–Kier alpha value is -2.97. The molecule has 1 fully saturated rings. The van der Waals surface area contributed by atoms with E-state index in [2.05, 4.69) is 20.8 Å². The lowest BCUT2D eigenvalue weighted by molar-refractivity contribution is 0.102. The van der Waals surface area contributed by atoms with E-state index < -0.39 is 0 Å². The molecule has 0 aliphatic carbocycles. The molecule has 0 radical (unpaired) electrons. The van der Waals surface area contributed by atoms with Gasteiger partial charge in [0.1, 0.15) is 5.01 Å². The molecule has 1 aliphatic rings. The minimum Gasteiger partial charge on any atom is -0.320 e. The van der Waals surface area contributed by atoms with Crippen LogP contribution in [0.2, 0.25) is 5.02 Å². The number of rotatable bonds is 4. The lowest BCUT2D eigenvalue weighted by Crippen LogP contribution is -2.34. The molecular formula is C21H20ClN5O2S. The SMILES string of the molecule is Cc1ccccc1NC(=O)N1CCCC1c1nnc(C(=O)Nc2cccc(Cl)c2)s1. The summed E-state index contributed by atoms with van der Waals surface area (Å²) in [7, 11) is 0. The van der Waals surface area contributed by atoms with Crippen molar-refractivity contribution in [3.05, 3.63) is 69.1 Å². The van der Waals surface area contributed by atoms with E-state index in [-0.39, 0.29) is 23.0 Å². The lowest BCUT2D eigenvalue weighted by atomic mass is 10.2. The van der Waals surface area contributed by atoms with Crippen molar-refractivity contribution in [2.45, 2.75) is 25.8 Å². The van der Waals surface area contributed by atoms with Crippen molar-refractivity contribution in [1.29, 1.82) is 0 Å². The number of likely N-dealkylation sites (tertiary alicyclic amines) is 1. The van der Waals surface area contributed by atoms with Crippen LogP contribution in [0, 0.1) is 6.92 Å². The number of nitrogens with one attached hydrogen (secondary N) is 2. The van der Waals surface area contributed by atoms with E-state index in [1.54, 1.807) is 29.2 Å². The third-order valence-corrected chi connectivity index (χ3v) is 6.16. The summed E-state index contributed by atoms with van der Waals surface area (Å²) in [5, 5.41) is 15.4. The normalized spacial score (nSPS) is 15.8. The Morgan fingerprint density at radius 1 is 1.13 bits per heavy atom. The van der Waals surface area contributed by atoms with Crippen LogP contribution in [0.1, 0.15) is 39.3 Å². The Morgan fingerprint density at radius 2 is 1.97 bits per heavy atom. The van der Waals surface area contributed by atoms with Crippen molar-refractivity contribution >= 4 is 46.3 Å². The van der Waals surface area contributed by atoms with Gasteiger partial charge in [0.05, 0.1) is 6.04 Å². The first-order valence-corrected chi connectivity index (χ1v) is 10.7. The van der Waals surface area contributed by atoms with Crippen molar-refractivity contribution < 1.29 is 9.59 Å². The second-order valence-corrected chi connectivity index (χ2v) is 8.45. The minimum atomic E-state index is -0.352. The molecule has 0 spiro atoms. The molecule has 1 aliphatic heterocycles. The number of amides is 3. The third kappa shape index (κ3) is 4.44. The molecule has 3 aromatic rings. The third-order valence-electron chi connectivity index (χ3n) is 4.90. The number of aryl methyl sites for hydroxylation is 1. The zero-order chi connectivity index (χ0) is 21.1. The van der Waals surface area contributed by atoms with Crippen molar-refractivity contribution in [2.24, 2.45) is 0 Å². The van der Waals surface area contributed by atoms with E-state index in [4.69, 9.17) is 11.6 Å². The first kappa shape index (κ1) is 20.3. The summed E-state index contributed by atoms with van der Waals surface area (Å²) in [6.07, 6.45) is 1.65. The summed E-state index contributed by atoms with van der Waals surface area (Å²) >= 11 is 7.16. The highest BCUT2D eigenvalue weighted by Crippen LogP contribution is 2.34. The number of hydrogen-bond donors (Lipinski definition) is 2. The Bertz CT molecular complexity index is 1090. The van der Waals surface area contributed by atoms with Gasteiger partial charge < -0.3 is 15.5 Å². The maximum absolute atomic E-state index is 12.8. The van der Waals surface area contributed by atoms with Gasteiger partial charge in [-0.3, -0.25) is 4.79 Å². The Kier molecular flexibility index (Phi) is 5.96. The van der Waals surface area contributed by atoms with Crippen LogP contribution in [-0.2, 0) is 0 Å². The molecule has 2 aromatic carbocycles. The van der Waals surface area contributed by atoms with Crippen molar-refractivity contribution in [1.82, 2.24) is 15.1 Å². The number of aromatic nitrogens is 2. The number of carbonyl (C=O) groups excluding carboxylic acids is 2. The Morgan fingerprint density at radius 3 is 2.77 bits per heavy atom. The number of halogens is 1. The molecule has 0 saturated carbocycles. The fourth-order valence-corrected chi connectivity index (χ4v) is 4.46. The molecule has 1 saturated heterocycles. The molecule has 1 aromatic heterocycles. The van der Waals surface area contributed by atoms with Crippen molar-refractivity contribution in [3.8, 4) is 0 Å². The van der Waals surface area contributed by atoms with Gasteiger partial charge in [-0.1, -0.05) is 47.2 Å². The lowest BCUT2D eigenvalue weighted by Gasteiger charge is -2.23. The second kappa shape index (κ2) is 8.81. The van der Waals surface area contributed by atoms with Crippen LogP contribution in [0.4, 0.5) is 16.2 Å². The molecule has 0 bridgehead atoms. The number of benzene rings is 2. The first-order chi connectivity index (χ1) is 14.5. The molecule has 1 unspecified atom stereocenters. The van der Waals surface area contributed by atoms with Crippen LogP contribution in [0.3, 0.4) is 0 Å². The standard InChI is InChI=1S/C21H20ClN5O2S/c1-13-6-2-3-9-16(13)24-21(29)27-11-5-10-17(27)19-25-26-20(30-19)18(28)23-15-8-4-7-14(22)12-15/h2-4,6-9,12,17H,5,10-11H2,1H3,(H,23,28)(H,24,29). The molecule has 4 rings (SSSR count). The maximum atomic E-state index is 12.8. The fraction of sp³-hybridized carbons (Fsp3) is 0.238. The topological polar surface area (TPSA) is 87.2 Å². The fourth-order valence-electron chi connectivity index (χ4n) is 3.38. The predicted octanol–water partition coefficient (Wildman–Crippen LogP) is 5.12. The highest BCUT2D eigenvalue weighted by atomic mass is 35.5. The molecule has 7 nitrogen and oxygen atoms in total. The van der Waals surface area contributed by atoms with Crippen molar-refractivity contribution in [2.75, 3.05) is 17.2 Å². The number of anilines is 2. The van der Waals surface area contributed by atoms with Gasteiger partial charge in [-0.25, -0.2) is 4.79 Å². The Balaban J connectivity index is 1.46. The van der Waals surface area contributed by atoms with E-state index in [1.165, 1.54) is 11.3 Å². The molecule has 9 heteroatoms. The molecule has 1 atom stereocenters. The van der Waals surface area contributed by atoms with Crippen LogP contribution in [0.5, 0.6) is 0 Å². The average Bonchev–Trinajstić information content (AvgIpc) is 3.39. The summed E-state index contributed by atoms with van der Waals surface area (Å²) in [6, 6.07) is 14.2. The summed E-state index contributed by atoms with van der Waals surface area (Å²) in [6.45, 7) is 2.58. The van der Waals surface area contributed by atoms with Gasteiger partial charge in [0.2, 0.25) is 5.01 Å². The van der Waals surface area contributed by atoms with Gasteiger partial charge in [-0.2, -0.15) is 0 Å². The monoisotopic (exact) mass is 441 g/mol. The number of para-hydroxylation sites is 1. The summed E-state index contributed by atoms with van der Waals surface area (Å²) in [4.78, 5) is 27.1. The van der Waals surface area contributed by atoms with Crippen LogP contribution in [0.25, 0.3) is 0 Å². The quantitative estimate of drug-likeness (QED) is 0.588. The first-order valence-electron chi connectivity index (χ1n) is 9.55. The van der Waals surface area contributed by atoms with Gasteiger partial charge in [0, 0.05) is 22.9 Å². The summed E-state index contributed by atoms with van der Waals surface area (Å²) in [5.74, 6) is -0.352. The molecule has 3 amide bonds. The average molecular weight is 442 g/mol. The smallest absolute Gasteiger partial charge is 0.320 e. The van der Waals surface area contributed by atoms with Crippen LogP contribution >= 0.6 is 22.9 Å². The highest BCUT2D eigenvalue weighted by molar-refractivity contribution is 7.13. The summed E-state index contributed by atoms with van der Waals surface area (Å²) in [5.41, 5.74) is 2.37. The highest BCUT2D eigenvalue weighted by Gasteiger charge is 2.33. The second-order valence-electron chi connectivity index (χ2n) is 7.01. The molecular weight excluding hydrogens is 422 g/mol. The zero-order valence-electron chi connectivity index (χ0n) is 16.3. The summed E-state index contributed by atoms with van der Waals surface area (Å²) < 4.78 is 0. The Labute approximate surface area is 183 Å². The molecule has 30 heavy (non-hydrogen) atoms. The number of hydrogen-bond acceptors (Lipinski definition) is 5. The van der Waals surface area contributed by atoms with Gasteiger partial charge >= 0.3 is 6.03 Å². The molecule has 154 valence electrons. The molecule has 2 heterocycles. The van der Waals surface area contributed by atoms with E-state index in [9.17, 15) is 9.59 Å². The minimum absolute atomic E-state index is 0.174. The predicted molar refractivity (Wildman–Crippen MR) is 118 cm³/mol. The van der Waals surface area contributed by atoms with Gasteiger partial charge in [0.15, 0.2) is 0 Å². The number of nitrogens with zero attached hydrogens (tertiary/aromatic N) is 3. The maximum Gasteiger partial charge on any atom is 0.322 e. The number of urea groups is 1. The van der Waals surface area contributed by atoms with Gasteiger partial charge in [0.25, 0.3) is 5.91 Å². The molecule has 2 N–H and O–H groups in total. The van der Waals surface area contributed by atoms with E-state index in [1.807, 2.05) is 31.2 Å². The van der Waals surface area contributed by atoms with E-state index in [0.717, 1.165) is 24.1 Å². The van der Waals surface area contributed by atoms with Crippen LogP contribution < -0.4 is 10.6 Å². The zero-order valence-corrected chi connectivity index (χ0v) is 17.8. The van der Waals surface area contributed by atoms with Crippen LogP contribution in [0.15, 0.2) is 48.5 Å². The van der Waals surface area contributed by atoms with Gasteiger partial charge in [-0.15, -0.1) is 10.2 Å². The number of carbonyl (C=O) groups is 2. The van der Waals surface area contributed by atoms with Crippen LogP contribution in [-0.4, -0.2) is 33.6 Å². The van der Waals surface area contributed by atoms with Crippen molar-refractivity contribution in [3.63, 3.8) is 0 Å². The van der Waals surface area contributed by atoms with E-state index >= 15 is 0 Å².